The number of nitrogens with one attached hydrogen (secondary N) is 1. The van der Waals surface area contributed by atoms with E-state index < -0.39 is 16.4 Å². The Morgan fingerprint density at radius 3 is 2.33 bits per heavy atom. The SMILES string of the molecule is C[N+](C)([O-])c1ccc(C(=O)Nc2ccc(F)cc2)c[n+]1[O-]. The lowest BCUT2D eigenvalue weighted by molar-refractivity contribution is -0.598. The highest BCUT2D eigenvalue weighted by molar-refractivity contribution is 6.03. The second-order valence-corrected chi connectivity index (χ2v) is 4.91. The van der Waals surface area contributed by atoms with Crippen LogP contribution in [0.5, 0.6) is 0 Å². The van der Waals surface area contributed by atoms with Crippen molar-refractivity contribution in [2.75, 3.05) is 19.4 Å². The highest BCUT2D eigenvalue weighted by Gasteiger charge is 2.21. The van der Waals surface area contributed by atoms with Gasteiger partial charge >= 0.3 is 5.82 Å². The molecule has 0 unspecified atom stereocenters. The maximum absolute atomic E-state index is 12.8. The molecule has 1 heterocycles. The van der Waals surface area contributed by atoms with Crippen LogP contribution in [0.4, 0.5) is 15.9 Å². The number of pyridine rings is 1. The largest absolute Gasteiger partial charge is 0.623 e. The molecule has 7 heteroatoms. The first kappa shape index (κ1) is 14.9. The number of carbonyl (C=O) groups is 1. The second kappa shape index (κ2) is 5.47. The molecule has 0 saturated carbocycles. The van der Waals surface area contributed by atoms with E-state index in [1.807, 2.05) is 0 Å². The van der Waals surface area contributed by atoms with E-state index >= 15 is 0 Å². The molecular formula is C14H14FN3O3. The first-order valence-corrected chi connectivity index (χ1v) is 6.13. The van der Waals surface area contributed by atoms with Gasteiger partial charge in [0.05, 0.1) is 20.2 Å². The van der Waals surface area contributed by atoms with E-state index in [9.17, 15) is 19.6 Å². The Morgan fingerprint density at radius 2 is 1.81 bits per heavy atom. The third-order valence-electron chi connectivity index (χ3n) is 2.81. The smallest absolute Gasteiger partial charge is 0.379 e. The van der Waals surface area contributed by atoms with Crippen LogP contribution in [0.25, 0.3) is 0 Å². The minimum absolute atomic E-state index is 0.0340. The molecule has 0 bridgehead atoms. The van der Waals surface area contributed by atoms with E-state index in [4.69, 9.17) is 0 Å². The maximum atomic E-state index is 12.8. The van der Waals surface area contributed by atoms with Crippen molar-refractivity contribution >= 4 is 17.4 Å². The van der Waals surface area contributed by atoms with Crippen LogP contribution in [0.3, 0.4) is 0 Å². The Labute approximate surface area is 120 Å². The number of rotatable bonds is 3. The van der Waals surface area contributed by atoms with Crippen LogP contribution < -0.4 is 14.7 Å². The summed E-state index contributed by atoms with van der Waals surface area (Å²) in [6.45, 7) is 0. The molecular weight excluding hydrogens is 277 g/mol. The molecule has 2 aromatic rings. The van der Waals surface area contributed by atoms with Crippen LogP contribution in [-0.4, -0.2) is 20.0 Å². The first-order valence-electron chi connectivity index (χ1n) is 6.13. The van der Waals surface area contributed by atoms with Crippen molar-refractivity contribution in [3.05, 3.63) is 64.4 Å². The Balaban J connectivity index is 2.20. The molecule has 1 aromatic carbocycles. The van der Waals surface area contributed by atoms with Gasteiger partial charge in [0.2, 0.25) is 0 Å². The summed E-state index contributed by atoms with van der Waals surface area (Å²) < 4.78 is 12.2. The third kappa shape index (κ3) is 3.53. The summed E-state index contributed by atoms with van der Waals surface area (Å²) in [4.78, 5) is 12.0. The summed E-state index contributed by atoms with van der Waals surface area (Å²) in [5.74, 6) is -0.965. The second-order valence-electron chi connectivity index (χ2n) is 4.91. The van der Waals surface area contributed by atoms with Crippen LogP contribution in [-0.2, 0) is 0 Å². The molecule has 1 aromatic heterocycles. The molecule has 1 N–H and O–H groups in total. The van der Waals surface area contributed by atoms with Crippen molar-refractivity contribution in [1.82, 2.24) is 4.65 Å². The van der Waals surface area contributed by atoms with Crippen molar-refractivity contribution in [2.45, 2.75) is 0 Å². The Morgan fingerprint density at radius 1 is 1.19 bits per heavy atom. The minimum Gasteiger partial charge on any atom is -0.623 e. The summed E-state index contributed by atoms with van der Waals surface area (Å²) in [5.41, 5.74) is 0.509. The molecule has 0 radical (unpaired) electrons. The van der Waals surface area contributed by atoms with E-state index in [0.29, 0.717) is 10.4 Å². The van der Waals surface area contributed by atoms with E-state index in [1.54, 1.807) is 0 Å². The molecule has 6 nitrogen and oxygen atoms in total. The number of anilines is 1. The highest BCUT2D eigenvalue weighted by Crippen LogP contribution is 2.14. The van der Waals surface area contributed by atoms with Crippen molar-refractivity contribution in [3.8, 4) is 0 Å². The van der Waals surface area contributed by atoms with Crippen molar-refractivity contribution in [2.24, 2.45) is 0 Å². The summed E-state index contributed by atoms with van der Waals surface area (Å²) in [6, 6.07) is 7.93. The molecule has 21 heavy (non-hydrogen) atoms. The summed E-state index contributed by atoms with van der Waals surface area (Å²) in [6.07, 6.45) is 1.03. The van der Waals surface area contributed by atoms with Crippen LogP contribution in [0, 0.1) is 16.2 Å². The topological polar surface area (TPSA) is 79.1 Å². The molecule has 1 amide bonds. The van der Waals surface area contributed by atoms with Crippen LogP contribution in [0.1, 0.15) is 10.4 Å². The zero-order chi connectivity index (χ0) is 15.6. The quantitative estimate of drug-likeness (QED) is 0.405. The fraction of sp³-hybridized carbons (Fsp3) is 0.143. The highest BCUT2D eigenvalue weighted by atomic mass is 19.1. The number of hydrogen-bond acceptors (Lipinski definition) is 3. The lowest BCUT2D eigenvalue weighted by Crippen LogP contribution is -2.45. The number of carbonyl (C=O) groups excluding carboxylic acids is 1. The van der Waals surface area contributed by atoms with Gasteiger partial charge in [-0.25, -0.2) is 4.39 Å². The van der Waals surface area contributed by atoms with Gasteiger partial charge in [0.25, 0.3) is 5.91 Å². The lowest BCUT2D eigenvalue weighted by Gasteiger charge is -2.29. The first-order chi connectivity index (χ1) is 9.77. The van der Waals surface area contributed by atoms with Gasteiger partial charge in [0.15, 0.2) is 6.20 Å². The van der Waals surface area contributed by atoms with E-state index in [1.165, 1.54) is 50.5 Å². The standard InChI is InChI=1S/C14H14FN3O3/c1-18(2,21)13-8-3-10(9-17(13)20)14(19)16-12-6-4-11(15)5-7-12/h3-9H,1-2H3,(H,16,19). The number of hydrogen-bond donors (Lipinski definition) is 1. The number of hydroxylamine groups is 2. The minimum atomic E-state index is -0.899. The normalized spacial score (nSPS) is 11.2. The molecule has 0 spiro atoms. The molecule has 0 aliphatic carbocycles. The molecule has 0 atom stereocenters. The van der Waals surface area contributed by atoms with Crippen molar-refractivity contribution < 1.29 is 13.9 Å². The summed E-state index contributed by atoms with van der Waals surface area (Å²) in [7, 11) is 2.62. The third-order valence-corrected chi connectivity index (χ3v) is 2.81. The Bertz CT molecular complexity index is 666. The van der Waals surface area contributed by atoms with Crippen molar-refractivity contribution in [1.29, 1.82) is 0 Å². The van der Waals surface area contributed by atoms with E-state index in [2.05, 4.69) is 5.32 Å². The zero-order valence-corrected chi connectivity index (χ0v) is 11.5. The average Bonchev–Trinajstić information content (AvgIpc) is 2.39. The lowest BCUT2D eigenvalue weighted by atomic mass is 10.2. The van der Waals surface area contributed by atoms with Crippen LogP contribution in [0.15, 0.2) is 42.6 Å². The monoisotopic (exact) mass is 291 g/mol. The predicted octanol–water partition coefficient (Wildman–Crippen LogP) is 1.78. The predicted molar refractivity (Wildman–Crippen MR) is 76.8 cm³/mol. The number of nitrogens with zero attached hydrogens (tertiary/aromatic N) is 2. The van der Waals surface area contributed by atoms with Crippen LogP contribution >= 0.6 is 0 Å². The summed E-state index contributed by atoms with van der Waals surface area (Å²) >= 11 is 0. The van der Waals surface area contributed by atoms with E-state index in [-0.39, 0.29) is 11.4 Å². The van der Waals surface area contributed by atoms with Crippen LogP contribution in [0.2, 0.25) is 0 Å². The molecule has 110 valence electrons. The number of halogens is 1. The van der Waals surface area contributed by atoms with Gasteiger partial charge in [-0.2, -0.15) is 0 Å². The molecule has 2 rings (SSSR count). The fourth-order valence-corrected chi connectivity index (χ4v) is 1.76. The van der Waals surface area contributed by atoms with E-state index in [0.717, 1.165) is 6.20 Å². The number of aromatic nitrogens is 1. The van der Waals surface area contributed by atoms with Gasteiger partial charge in [-0.3, -0.25) is 9.44 Å². The van der Waals surface area contributed by atoms with Gasteiger partial charge in [-0.1, -0.05) is 0 Å². The summed E-state index contributed by atoms with van der Waals surface area (Å²) in [5, 5.41) is 26.0. The van der Waals surface area contributed by atoms with Gasteiger partial charge in [-0.15, -0.1) is 4.73 Å². The Hall–Kier alpha value is -2.51. The number of benzene rings is 1. The zero-order valence-electron chi connectivity index (χ0n) is 11.5. The number of amides is 1. The van der Waals surface area contributed by atoms with Gasteiger partial charge in [0, 0.05) is 5.69 Å². The molecule has 0 aliphatic rings. The number of quaternary nitrogens is 1. The Kier molecular flexibility index (Phi) is 3.88. The maximum Gasteiger partial charge on any atom is 0.379 e. The van der Waals surface area contributed by atoms with Gasteiger partial charge < -0.3 is 15.7 Å². The van der Waals surface area contributed by atoms with Gasteiger partial charge in [-0.05, 0) is 30.3 Å². The molecule has 0 fully saturated rings. The molecule has 0 saturated heterocycles. The van der Waals surface area contributed by atoms with Gasteiger partial charge in [0.1, 0.15) is 11.4 Å². The average molecular weight is 291 g/mol. The van der Waals surface area contributed by atoms with Crippen molar-refractivity contribution in [3.63, 3.8) is 0 Å². The fourth-order valence-electron chi connectivity index (χ4n) is 1.76. The molecule has 0 aliphatic heterocycles.